The van der Waals surface area contributed by atoms with Gasteiger partial charge in [-0.1, -0.05) is 41.4 Å². The Morgan fingerprint density at radius 1 is 1.22 bits per heavy atom. The number of halogens is 2. The van der Waals surface area contributed by atoms with Crippen LogP contribution >= 0.6 is 35.0 Å². The van der Waals surface area contributed by atoms with Crippen molar-refractivity contribution in [3.05, 3.63) is 68.5 Å². The van der Waals surface area contributed by atoms with Crippen molar-refractivity contribution in [2.75, 3.05) is 6.61 Å². The molecule has 2 aromatic rings. The molecule has 1 N–H and O–H groups in total. The predicted molar refractivity (Wildman–Crippen MR) is 110 cm³/mol. The minimum absolute atomic E-state index is 0.225. The highest BCUT2D eigenvalue weighted by Gasteiger charge is 2.25. The molecule has 5 nitrogen and oxygen atoms in total. The lowest BCUT2D eigenvalue weighted by Gasteiger charge is -2.08. The molecule has 0 saturated carbocycles. The minimum Gasteiger partial charge on any atom is -0.491 e. The van der Waals surface area contributed by atoms with Gasteiger partial charge >= 0.3 is 0 Å². The van der Waals surface area contributed by atoms with Gasteiger partial charge in [-0.25, -0.2) is 0 Å². The zero-order chi connectivity index (χ0) is 19.4. The van der Waals surface area contributed by atoms with E-state index in [4.69, 9.17) is 27.9 Å². The molecule has 1 fully saturated rings. The van der Waals surface area contributed by atoms with Crippen molar-refractivity contribution in [1.29, 1.82) is 0 Å². The van der Waals surface area contributed by atoms with Gasteiger partial charge in [-0.05, 0) is 54.6 Å². The van der Waals surface area contributed by atoms with Crippen LogP contribution in [-0.2, 0) is 4.79 Å². The third-order valence-electron chi connectivity index (χ3n) is 3.48. The second kappa shape index (κ2) is 8.61. The number of rotatable bonds is 4. The second-order valence-electron chi connectivity index (χ2n) is 5.40. The van der Waals surface area contributed by atoms with Crippen LogP contribution in [0.1, 0.15) is 22.8 Å². The van der Waals surface area contributed by atoms with Crippen LogP contribution in [0.2, 0.25) is 10.0 Å². The third kappa shape index (κ3) is 4.71. The monoisotopic (exact) mass is 420 g/mol. The first-order valence-electron chi connectivity index (χ1n) is 7.98. The van der Waals surface area contributed by atoms with Gasteiger partial charge in [0.1, 0.15) is 0 Å². The molecule has 0 bridgehead atoms. The Labute approximate surface area is 170 Å². The molecule has 8 heteroatoms. The Hall–Kier alpha value is -2.28. The van der Waals surface area contributed by atoms with Crippen LogP contribution in [0.5, 0.6) is 5.75 Å². The maximum Gasteiger partial charge on any atom is 0.279 e. The number of nitrogens with one attached hydrogen (secondary N) is 1. The normalized spacial score (nSPS) is 16.6. The van der Waals surface area contributed by atoms with Gasteiger partial charge < -0.3 is 10.1 Å². The lowest BCUT2D eigenvalue weighted by atomic mass is 10.2. The summed E-state index contributed by atoms with van der Waals surface area (Å²) in [5.41, 5.74) is 1.09. The fraction of sp³-hybridized carbons (Fsp3) is 0.105. The number of ether oxygens (including phenoxy) is 1. The number of nitrogens with zero attached hydrogens (tertiary/aromatic N) is 1. The largest absolute Gasteiger partial charge is 0.491 e. The van der Waals surface area contributed by atoms with Gasteiger partial charge in [0.2, 0.25) is 0 Å². The maximum absolute atomic E-state index is 12.2. The Bertz CT molecular complexity index is 936. The molecule has 2 aromatic carbocycles. The number of aliphatic imine (C=N–C) groups is 1. The summed E-state index contributed by atoms with van der Waals surface area (Å²) in [7, 11) is 0. The predicted octanol–water partition coefficient (Wildman–Crippen LogP) is 4.79. The second-order valence-corrected chi connectivity index (χ2v) is 7.24. The quantitative estimate of drug-likeness (QED) is 0.721. The summed E-state index contributed by atoms with van der Waals surface area (Å²) in [5.74, 6) is -0.366. The summed E-state index contributed by atoms with van der Waals surface area (Å²) in [4.78, 5) is 28.6. The zero-order valence-corrected chi connectivity index (χ0v) is 16.5. The van der Waals surface area contributed by atoms with E-state index in [1.165, 1.54) is 0 Å². The zero-order valence-electron chi connectivity index (χ0n) is 14.2. The summed E-state index contributed by atoms with van der Waals surface area (Å²) in [6.07, 6.45) is 1.63. The molecule has 2 amide bonds. The molecule has 1 aliphatic heterocycles. The van der Waals surface area contributed by atoms with E-state index in [1.807, 2.05) is 13.0 Å². The Kier molecular flexibility index (Phi) is 6.21. The Morgan fingerprint density at radius 3 is 2.52 bits per heavy atom. The van der Waals surface area contributed by atoms with Gasteiger partial charge in [0.05, 0.1) is 21.6 Å². The highest BCUT2D eigenvalue weighted by Crippen LogP contribution is 2.36. The van der Waals surface area contributed by atoms with Crippen molar-refractivity contribution in [2.24, 2.45) is 4.99 Å². The summed E-state index contributed by atoms with van der Waals surface area (Å²) >= 11 is 13.4. The SMILES string of the molecule is CCOc1c(Cl)cc(/C=C2\SC(=NC(=O)c3ccccc3)NC2=O)cc1Cl. The molecule has 0 spiro atoms. The number of hydrogen-bond donors (Lipinski definition) is 1. The van der Waals surface area contributed by atoms with Gasteiger partial charge in [0.15, 0.2) is 10.9 Å². The van der Waals surface area contributed by atoms with Crippen LogP contribution in [0.25, 0.3) is 6.08 Å². The van der Waals surface area contributed by atoms with E-state index in [-0.39, 0.29) is 11.1 Å². The van der Waals surface area contributed by atoms with Crippen molar-refractivity contribution in [2.45, 2.75) is 6.92 Å². The van der Waals surface area contributed by atoms with Gasteiger partial charge in [-0.3, -0.25) is 9.59 Å². The van der Waals surface area contributed by atoms with Crippen LogP contribution in [0.15, 0.2) is 52.4 Å². The smallest absolute Gasteiger partial charge is 0.279 e. The van der Waals surface area contributed by atoms with E-state index in [0.717, 1.165) is 11.8 Å². The summed E-state index contributed by atoms with van der Waals surface area (Å²) in [6.45, 7) is 2.27. The third-order valence-corrected chi connectivity index (χ3v) is 4.95. The molecule has 1 aliphatic rings. The van der Waals surface area contributed by atoms with E-state index in [2.05, 4.69) is 10.3 Å². The fourth-order valence-corrected chi connectivity index (χ4v) is 3.75. The summed E-state index contributed by atoms with van der Waals surface area (Å²) in [6, 6.07) is 11.9. The molecule has 0 aliphatic carbocycles. The number of hydrogen-bond acceptors (Lipinski definition) is 4. The standard InChI is InChI=1S/C19H14Cl2N2O3S/c1-2-26-16-13(20)8-11(9-14(16)21)10-15-18(25)23-19(27-15)22-17(24)12-6-4-3-5-7-12/h3-10H,2H2,1H3,(H,22,23,24,25)/b15-10-. The first-order chi connectivity index (χ1) is 13.0. The lowest BCUT2D eigenvalue weighted by molar-refractivity contribution is -0.115. The average molecular weight is 421 g/mol. The fourth-order valence-electron chi connectivity index (χ4n) is 2.31. The first-order valence-corrected chi connectivity index (χ1v) is 9.56. The number of thioether (sulfide) groups is 1. The van der Waals surface area contributed by atoms with E-state index in [1.54, 1.807) is 42.5 Å². The topological polar surface area (TPSA) is 67.8 Å². The molecule has 0 atom stereocenters. The van der Waals surface area contributed by atoms with Crippen LogP contribution in [0.4, 0.5) is 0 Å². The summed E-state index contributed by atoms with van der Waals surface area (Å²) < 4.78 is 5.39. The molecule has 3 rings (SSSR count). The van der Waals surface area contributed by atoms with Gasteiger partial charge in [0, 0.05) is 5.56 Å². The van der Waals surface area contributed by atoms with E-state index in [0.29, 0.717) is 38.4 Å². The van der Waals surface area contributed by atoms with Crippen molar-refractivity contribution in [1.82, 2.24) is 5.32 Å². The molecule has 1 heterocycles. The number of carbonyl (C=O) groups is 2. The highest BCUT2D eigenvalue weighted by molar-refractivity contribution is 8.18. The Balaban J connectivity index is 1.81. The number of carbonyl (C=O) groups excluding carboxylic acids is 2. The lowest BCUT2D eigenvalue weighted by Crippen LogP contribution is -2.20. The molecule has 27 heavy (non-hydrogen) atoms. The van der Waals surface area contributed by atoms with E-state index >= 15 is 0 Å². The molecular weight excluding hydrogens is 407 g/mol. The van der Waals surface area contributed by atoms with Crippen LogP contribution in [0.3, 0.4) is 0 Å². The minimum atomic E-state index is -0.424. The average Bonchev–Trinajstić information content (AvgIpc) is 2.98. The van der Waals surface area contributed by atoms with Crippen LogP contribution in [-0.4, -0.2) is 23.6 Å². The van der Waals surface area contributed by atoms with Crippen molar-refractivity contribution in [3.63, 3.8) is 0 Å². The van der Waals surface area contributed by atoms with Crippen LogP contribution in [0, 0.1) is 0 Å². The number of benzene rings is 2. The van der Waals surface area contributed by atoms with Gasteiger partial charge in [-0.15, -0.1) is 0 Å². The van der Waals surface area contributed by atoms with Crippen LogP contribution < -0.4 is 10.1 Å². The van der Waals surface area contributed by atoms with Crippen molar-refractivity contribution in [3.8, 4) is 5.75 Å². The van der Waals surface area contributed by atoms with Gasteiger partial charge in [-0.2, -0.15) is 4.99 Å². The molecule has 0 aromatic heterocycles. The molecule has 138 valence electrons. The van der Waals surface area contributed by atoms with E-state index in [9.17, 15) is 9.59 Å². The first kappa shape index (κ1) is 19.5. The van der Waals surface area contributed by atoms with E-state index < -0.39 is 5.91 Å². The number of amidine groups is 1. The molecular formula is C19H14Cl2N2O3S. The number of amides is 2. The summed E-state index contributed by atoms with van der Waals surface area (Å²) in [5, 5.41) is 3.51. The Morgan fingerprint density at radius 2 is 1.89 bits per heavy atom. The van der Waals surface area contributed by atoms with Gasteiger partial charge in [0.25, 0.3) is 11.8 Å². The molecule has 1 saturated heterocycles. The molecule has 0 unspecified atom stereocenters. The molecule has 0 radical (unpaired) electrons. The van der Waals surface area contributed by atoms with Crippen molar-refractivity contribution >= 4 is 58.0 Å². The van der Waals surface area contributed by atoms with Crippen molar-refractivity contribution < 1.29 is 14.3 Å². The maximum atomic E-state index is 12.2. The highest BCUT2D eigenvalue weighted by atomic mass is 35.5.